The van der Waals surface area contributed by atoms with Crippen molar-refractivity contribution in [1.82, 2.24) is 9.13 Å². The smallest absolute Gasteiger partial charge is 0.295 e. The first-order chi connectivity index (χ1) is 12.3. The summed E-state index contributed by atoms with van der Waals surface area (Å²) in [6.07, 6.45) is 4.80. The third-order valence-electron chi connectivity index (χ3n) is 5.43. The first kappa shape index (κ1) is 18.2. The number of aryl methyl sites for hydroxylation is 1. The number of nitrogens with zero attached hydrogens (tertiary/aromatic N) is 4. The van der Waals surface area contributed by atoms with Gasteiger partial charge in [0.05, 0.1) is 29.1 Å². The van der Waals surface area contributed by atoms with Crippen LogP contribution in [-0.2, 0) is 13.6 Å². The number of hydrogen-bond donors (Lipinski definition) is 0. The van der Waals surface area contributed by atoms with E-state index < -0.39 is 0 Å². The second kappa shape index (κ2) is 6.60. The lowest BCUT2D eigenvalue weighted by Crippen LogP contribution is -2.28. The Bertz CT molecular complexity index is 997. The summed E-state index contributed by atoms with van der Waals surface area (Å²) in [5.74, 6) is -0.283. The van der Waals surface area contributed by atoms with Crippen LogP contribution in [0.1, 0.15) is 45.7 Å². The van der Waals surface area contributed by atoms with Crippen molar-refractivity contribution in [3.8, 4) is 6.07 Å². The minimum Gasteiger partial charge on any atom is -0.295 e. The molecule has 26 heavy (non-hydrogen) atoms. The predicted molar refractivity (Wildman–Crippen MR) is 105 cm³/mol. The molecule has 0 saturated heterocycles. The summed E-state index contributed by atoms with van der Waals surface area (Å²) in [6.45, 7) is 9.12. The first-order valence-electron chi connectivity index (χ1n) is 9.09. The van der Waals surface area contributed by atoms with Crippen molar-refractivity contribution < 1.29 is 0 Å². The molecule has 136 valence electrons. The molecule has 0 aliphatic carbocycles. The second-order valence-electron chi connectivity index (χ2n) is 7.92. The van der Waals surface area contributed by atoms with Gasteiger partial charge >= 0.3 is 5.69 Å². The maximum atomic E-state index is 12.8. The molecule has 0 amide bonds. The van der Waals surface area contributed by atoms with E-state index in [0.29, 0.717) is 6.54 Å². The molecule has 0 spiro atoms. The number of allylic oxidation sites excluding steroid dienone is 1. The van der Waals surface area contributed by atoms with Gasteiger partial charge in [-0.05, 0) is 42.5 Å². The van der Waals surface area contributed by atoms with Crippen molar-refractivity contribution in [2.75, 3.05) is 0 Å². The average molecular weight is 350 g/mol. The van der Waals surface area contributed by atoms with Crippen molar-refractivity contribution in [1.29, 1.82) is 5.26 Å². The fourth-order valence-electron chi connectivity index (χ4n) is 3.39. The molecular weight excluding hydrogens is 324 g/mol. The molecule has 2 heterocycles. The van der Waals surface area contributed by atoms with E-state index in [1.54, 1.807) is 11.6 Å². The van der Waals surface area contributed by atoms with Crippen molar-refractivity contribution in [3.63, 3.8) is 0 Å². The number of dihydropyridines is 1. The SMILES string of the molecule is CCC(C)(C)Cn1c(=O)n(C)c2cc(C3N=C(C)C=CC3C#N)ccc21. The number of rotatable bonds is 4. The topological polar surface area (TPSA) is 63.1 Å². The van der Waals surface area contributed by atoms with Gasteiger partial charge in [0.2, 0.25) is 0 Å². The molecule has 0 N–H and O–H groups in total. The fourth-order valence-corrected chi connectivity index (χ4v) is 3.39. The summed E-state index contributed by atoms with van der Waals surface area (Å²) >= 11 is 0. The van der Waals surface area contributed by atoms with Crippen LogP contribution in [0.15, 0.2) is 40.1 Å². The van der Waals surface area contributed by atoms with Crippen LogP contribution in [-0.4, -0.2) is 14.8 Å². The van der Waals surface area contributed by atoms with Crippen molar-refractivity contribution in [2.24, 2.45) is 23.4 Å². The number of aliphatic imine (C=N–C) groups is 1. The van der Waals surface area contributed by atoms with Crippen LogP contribution >= 0.6 is 0 Å². The monoisotopic (exact) mass is 350 g/mol. The highest BCUT2D eigenvalue weighted by Crippen LogP contribution is 2.32. The number of aromatic nitrogens is 2. The third-order valence-corrected chi connectivity index (χ3v) is 5.43. The van der Waals surface area contributed by atoms with Crippen LogP contribution in [0.2, 0.25) is 0 Å². The molecule has 1 aromatic carbocycles. The van der Waals surface area contributed by atoms with E-state index in [1.165, 1.54) is 0 Å². The van der Waals surface area contributed by atoms with Crippen molar-refractivity contribution in [2.45, 2.75) is 46.7 Å². The van der Waals surface area contributed by atoms with E-state index in [0.717, 1.165) is 28.7 Å². The molecule has 5 nitrogen and oxygen atoms in total. The van der Waals surface area contributed by atoms with Crippen LogP contribution in [0, 0.1) is 22.7 Å². The Morgan fingerprint density at radius 2 is 2.04 bits per heavy atom. The molecule has 1 aromatic heterocycles. The summed E-state index contributed by atoms with van der Waals surface area (Å²) < 4.78 is 3.56. The van der Waals surface area contributed by atoms with Crippen LogP contribution < -0.4 is 5.69 Å². The van der Waals surface area contributed by atoms with Gasteiger partial charge in [0.25, 0.3) is 0 Å². The minimum atomic E-state index is -0.283. The highest BCUT2D eigenvalue weighted by molar-refractivity contribution is 5.93. The number of hydrogen-bond acceptors (Lipinski definition) is 3. The number of nitriles is 1. The van der Waals surface area contributed by atoms with E-state index in [-0.39, 0.29) is 23.1 Å². The van der Waals surface area contributed by atoms with E-state index in [1.807, 2.05) is 41.8 Å². The molecule has 0 radical (unpaired) electrons. The largest absolute Gasteiger partial charge is 0.328 e. The third kappa shape index (κ3) is 3.12. The van der Waals surface area contributed by atoms with Gasteiger partial charge in [-0.3, -0.25) is 14.1 Å². The average Bonchev–Trinajstić information content (AvgIpc) is 2.86. The molecule has 2 atom stereocenters. The quantitative estimate of drug-likeness (QED) is 0.837. The molecule has 3 rings (SSSR count). The first-order valence-corrected chi connectivity index (χ1v) is 9.09. The number of benzene rings is 1. The molecule has 1 aliphatic rings. The van der Waals surface area contributed by atoms with Crippen LogP contribution in [0.5, 0.6) is 0 Å². The van der Waals surface area contributed by atoms with Crippen LogP contribution in [0.4, 0.5) is 0 Å². The Kier molecular flexibility index (Phi) is 4.62. The van der Waals surface area contributed by atoms with E-state index in [2.05, 4.69) is 31.8 Å². The van der Waals surface area contributed by atoms with Gasteiger partial charge in [-0.1, -0.05) is 32.9 Å². The molecule has 2 unspecified atom stereocenters. The Balaban J connectivity index is 2.11. The van der Waals surface area contributed by atoms with Crippen molar-refractivity contribution in [3.05, 3.63) is 46.4 Å². The Labute approximate surface area is 154 Å². The zero-order valence-corrected chi connectivity index (χ0v) is 16.2. The highest BCUT2D eigenvalue weighted by atomic mass is 16.1. The lowest BCUT2D eigenvalue weighted by Gasteiger charge is -2.23. The zero-order chi connectivity index (χ0) is 19.1. The molecule has 2 aromatic rings. The summed E-state index contributed by atoms with van der Waals surface area (Å²) in [6, 6.07) is 8.11. The maximum Gasteiger partial charge on any atom is 0.328 e. The fraction of sp³-hybridized carbons (Fsp3) is 0.476. The predicted octanol–water partition coefficient (Wildman–Crippen LogP) is 3.99. The lowest BCUT2D eigenvalue weighted by molar-refractivity contribution is 0.293. The minimum absolute atomic E-state index is 0.00118. The van der Waals surface area contributed by atoms with Crippen molar-refractivity contribution >= 4 is 16.7 Å². The molecule has 0 saturated carbocycles. The Morgan fingerprint density at radius 1 is 1.31 bits per heavy atom. The van der Waals surface area contributed by atoms with E-state index in [9.17, 15) is 10.1 Å². The molecule has 5 heteroatoms. The van der Waals surface area contributed by atoms with Gasteiger partial charge in [0, 0.05) is 19.3 Å². The lowest BCUT2D eigenvalue weighted by atomic mass is 9.90. The van der Waals surface area contributed by atoms with Gasteiger partial charge in [-0.15, -0.1) is 0 Å². The molecule has 1 aliphatic heterocycles. The zero-order valence-electron chi connectivity index (χ0n) is 16.2. The van der Waals surface area contributed by atoms with Gasteiger partial charge in [0.15, 0.2) is 0 Å². The molecular formula is C21H26N4O. The maximum absolute atomic E-state index is 12.8. The van der Waals surface area contributed by atoms with E-state index in [4.69, 9.17) is 0 Å². The Hall–Kier alpha value is -2.61. The molecule has 0 bridgehead atoms. The standard InChI is InChI=1S/C21H26N4O/c1-6-21(3,4)13-25-17-10-9-15(11-18(17)24(5)20(25)26)19-16(12-22)8-7-14(2)23-19/h7-11,16,19H,6,13H2,1-5H3. The van der Waals surface area contributed by atoms with Crippen LogP contribution in [0.3, 0.4) is 0 Å². The summed E-state index contributed by atoms with van der Waals surface area (Å²) in [5.41, 5.74) is 3.76. The number of fused-ring (bicyclic) bond motifs is 1. The summed E-state index contributed by atoms with van der Waals surface area (Å²) in [7, 11) is 1.81. The number of imidazole rings is 1. The Morgan fingerprint density at radius 3 is 2.69 bits per heavy atom. The normalized spacial score (nSPS) is 20.2. The van der Waals surface area contributed by atoms with Gasteiger partial charge in [-0.25, -0.2) is 4.79 Å². The summed E-state index contributed by atoms with van der Waals surface area (Å²) in [4.78, 5) is 17.4. The summed E-state index contributed by atoms with van der Waals surface area (Å²) in [5, 5.41) is 9.45. The second-order valence-corrected chi connectivity index (χ2v) is 7.92. The van der Waals surface area contributed by atoms with E-state index >= 15 is 0 Å². The van der Waals surface area contributed by atoms with Gasteiger partial charge < -0.3 is 0 Å². The van der Waals surface area contributed by atoms with Gasteiger partial charge in [-0.2, -0.15) is 5.26 Å². The highest BCUT2D eigenvalue weighted by Gasteiger charge is 2.25. The van der Waals surface area contributed by atoms with Crippen LogP contribution in [0.25, 0.3) is 11.0 Å². The van der Waals surface area contributed by atoms with Gasteiger partial charge in [0.1, 0.15) is 0 Å². The molecule has 0 fully saturated rings.